The summed E-state index contributed by atoms with van der Waals surface area (Å²) >= 11 is 0. The van der Waals surface area contributed by atoms with Gasteiger partial charge in [0.15, 0.2) is 0 Å². The fourth-order valence-corrected chi connectivity index (χ4v) is 2.55. The van der Waals surface area contributed by atoms with Crippen LogP contribution in [0.15, 0.2) is 54.7 Å². The van der Waals surface area contributed by atoms with Crippen molar-refractivity contribution in [2.75, 3.05) is 12.4 Å². The molecule has 1 aromatic heterocycles. The summed E-state index contributed by atoms with van der Waals surface area (Å²) in [6.45, 7) is 1.70. The highest BCUT2D eigenvalue weighted by Gasteiger charge is 2.17. The minimum Gasteiger partial charge on any atom is -0.355 e. The average Bonchev–Trinajstić information content (AvgIpc) is 3.03. The Labute approximate surface area is 149 Å². The van der Waals surface area contributed by atoms with Gasteiger partial charge in [-0.3, -0.25) is 9.59 Å². The molecule has 0 radical (unpaired) electrons. The number of amides is 2. The van der Waals surface area contributed by atoms with Crippen molar-refractivity contribution in [1.29, 1.82) is 0 Å². The number of anilines is 1. The van der Waals surface area contributed by atoms with Gasteiger partial charge in [0, 0.05) is 18.3 Å². The van der Waals surface area contributed by atoms with E-state index >= 15 is 0 Å². The third-order valence-corrected chi connectivity index (χ3v) is 3.97. The van der Waals surface area contributed by atoms with Crippen LogP contribution in [0.25, 0.3) is 5.69 Å². The number of hydrogen-bond acceptors (Lipinski definition) is 3. The maximum atomic E-state index is 14.0. The van der Waals surface area contributed by atoms with Crippen molar-refractivity contribution in [3.63, 3.8) is 0 Å². The molecule has 0 atom stereocenters. The number of carbonyl (C=O) groups is 2. The summed E-state index contributed by atoms with van der Waals surface area (Å²) in [5.41, 5.74) is 2.17. The molecule has 132 valence electrons. The Morgan fingerprint density at radius 3 is 2.38 bits per heavy atom. The van der Waals surface area contributed by atoms with Crippen molar-refractivity contribution >= 4 is 17.5 Å². The van der Waals surface area contributed by atoms with Gasteiger partial charge in [0.25, 0.3) is 11.8 Å². The first-order chi connectivity index (χ1) is 12.5. The van der Waals surface area contributed by atoms with Gasteiger partial charge in [-0.15, -0.1) is 0 Å². The lowest BCUT2D eigenvalue weighted by Crippen LogP contribution is -2.18. The van der Waals surface area contributed by atoms with Crippen molar-refractivity contribution in [3.8, 4) is 5.69 Å². The van der Waals surface area contributed by atoms with E-state index in [4.69, 9.17) is 0 Å². The molecule has 0 unspecified atom stereocenters. The molecule has 3 rings (SSSR count). The number of nitrogens with zero attached hydrogens (tertiary/aromatic N) is 2. The number of hydrogen-bond donors (Lipinski definition) is 2. The minimum atomic E-state index is -0.421. The summed E-state index contributed by atoms with van der Waals surface area (Å²) in [7, 11) is 1.55. The van der Waals surface area contributed by atoms with Gasteiger partial charge >= 0.3 is 0 Å². The van der Waals surface area contributed by atoms with Gasteiger partial charge in [-0.05, 0) is 43.3 Å². The second-order valence-corrected chi connectivity index (χ2v) is 5.62. The van der Waals surface area contributed by atoms with Crippen LogP contribution < -0.4 is 10.6 Å². The van der Waals surface area contributed by atoms with Gasteiger partial charge in [-0.25, -0.2) is 9.07 Å². The summed E-state index contributed by atoms with van der Waals surface area (Å²) in [5.74, 6) is -0.988. The zero-order valence-electron chi connectivity index (χ0n) is 14.3. The van der Waals surface area contributed by atoms with E-state index in [0.717, 1.165) is 0 Å². The van der Waals surface area contributed by atoms with Crippen molar-refractivity contribution in [2.24, 2.45) is 0 Å². The molecule has 0 saturated carbocycles. The number of rotatable bonds is 4. The molecule has 0 saturated heterocycles. The monoisotopic (exact) mass is 352 g/mol. The molecule has 7 heteroatoms. The third-order valence-electron chi connectivity index (χ3n) is 3.97. The number of benzene rings is 2. The van der Waals surface area contributed by atoms with Gasteiger partial charge in [-0.1, -0.05) is 12.1 Å². The standard InChI is InChI=1S/C19H17FN4O2/c1-12-15(11-22-24(12)17-6-4-3-5-16(17)20)19(26)23-14-9-7-13(8-10-14)18(25)21-2/h3-11H,1-2H3,(H,21,25)(H,23,26). The zero-order valence-corrected chi connectivity index (χ0v) is 14.3. The highest BCUT2D eigenvalue weighted by atomic mass is 19.1. The Morgan fingerprint density at radius 2 is 1.73 bits per heavy atom. The Morgan fingerprint density at radius 1 is 1.04 bits per heavy atom. The number of halogens is 1. The summed E-state index contributed by atoms with van der Waals surface area (Å²) < 4.78 is 15.3. The second kappa shape index (κ2) is 7.18. The van der Waals surface area contributed by atoms with Crippen LogP contribution >= 0.6 is 0 Å². The third kappa shape index (κ3) is 3.32. The molecule has 0 bridgehead atoms. The highest BCUT2D eigenvalue weighted by Crippen LogP contribution is 2.18. The highest BCUT2D eigenvalue weighted by molar-refractivity contribution is 6.05. The van der Waals surface area contributed by atoms with E-state index in [-0.39, 0.29) is 17.5 Å². The second-order valence-electron chi connectivity index (χ2n) is 5.62. The predicted octanol–water partition coefficient (Wildman–Crippen LogP) is 2.93. The molecule has 26 heavy (non-hydrogen) atoms. The smallest absolute Gasteiger partial charge is 0.259 e. The Balaban J connectivity index is 1.81. The molecule has 0 aliphatic heterocycles. The van der Waals surface area contributed by atoms with E-state index in [2.05, 4.69) is 15.7 Å². The molecule has 0 fully saturated rings. The quantitative estimate of drug-likeness (QED) is 0.758. The molecule has 0 spiro atoms. The molecule has 1 heterocycles. The molecular weight excluding hydrogens is 335 g/mol. The van der Waals surface area contributed by atoms with Crippen molar-refractivity contribution in [2.45, 2.75) is 6.92 Å². The van der Waals surface area contributed by atoms with Crippen molar-refractivity contribution in [1.82, 2.24) is 15.1 Å². The van der Waals surface area contributed by atoms with Crippen LogP contribution in [0.5, 0.6) is 0 Å². The lowest BCUT2D eigenvalue weighted by molar-refractivity contribution is 0.0962. The summed E-state index contributed by atoms with van der Waals surface area (Å²) in [5, 5.41) is 9.40. The van der Waals surface area contributed by atoms with Gasteiger partial charge in [0.2, 0.25) is 0 Å². The maximum Gasteiger partial charge on any atom is 0.259 e. The largest absolute Gasteiger partial charge is 0.355 e. The van der Waals surface area contributed by atoms with E-state index in [9.17, 15) is 14.0 Å². The van der Waals surface area contributed by atoms with Crippen LogP contribution in [0.3, 0.4) is 0 Å². The fourth-order valence-electron chi connectivity index (χ4n) is 2.55. The van der Waals surface area contributed by atoms with Crippen LogP contribution in [-0.2, 0) is 0 Å². The number of carbonyl (C=O) groups excluding carboxylic acids is 2. The van der Waals surface area contributed by atoms with Gasteiger partial charge in [-0.2, -0.15) is 5.10 Å². The molecule has 0 aliphatic rings. The van der Waals surface area contributed by atoms with E-state index < -0.39 is 5.82 Å². The average molecular weight is 352 g/mol. The molecule has 2 amide bonds. The molecule has 3 aromatic rings. The van der Waals surface area contributed by atoms with Crippen molar-refractivity contribution in [3.05, 3.63) is 77.4 Å². The zero-order chi connectivity index (χ0) is 18.7. The first kappa shape index (κ1) is 17.3. The number of nitrogens with one attached hydrogen (secondary N) is 2. The predicted molar refractivity (Wildman–Crippen MR) is 96.0 cm³/mol. The van der Waals surface area contributed by atoms with E-state index in [1.807, 2.05) is 0 Å². The van der Waals surface area contributed by atoms with E-state index in [1.165, 1.54) is 16.9 Å². The minimum absolute atomic E-state index is 0.204. The summed E-state index contributed by atoms with van der Waals surface area (Å²) in [4.78, 5) is 24.0. The molecule has 2 aromatic carbocycles. The van der Waals surface area contributed by atoms with Crippen LogP contribution in [0.4, 0.5) is 10.1 Å². The van der Waals surface area contributed by atoms with Crippen molar-refractivity contribution < 1.29 is 14.0 Å². The molecular formula is C19H17FN4O2. The van der Waals surface area contributed by atoms with Gasteiger partial charge in [0.1, 0.15) is 11.5 Å². The first-order valence-electron chi connectivity index (χ1n) is 7.94. The topological polar surface area (TPSA) is 76.0 Å². The molecule has 6 nitrogen and oxygen atoms in total. The van der Waals surface area contributed by atoms with E-state index in [1.54, 1.807) is 56.4 Å². The Bertz CT molecular complexity index is 964. The Hall–Kier alpha value is -3.48. The number of aromatic nitrogens is 2. The van der Waals surface area contributed by atoms with Crippen LogP contribution in [0.2, 0.25) is 0 Å². The lowest BCUT2D eigenvalue weighted by atomic mass is 10.2. The summed E-state index contributed by atoms with van der Waals surface area (Å²) in [6.07, 6.45) is 1.40. The van der Waals surface area contributed by atoms with Crippen LogP contribution in [0, 0.1) is 12.7 Å². The maximum absolute atomic E-state index is 14.0. The summed E-state index contributed by atoms with van der Waals surface area (Å²) in [6, 6.07) is 12.7. The number of para-hydroxylation sites is 1. The fraction of sp³-hybridized carbons (Fsp3) is 0.105. The van der Waals surface area contributed by atoms with E-state index in [0.29, 0.717) is 22.5 Å². The molecule has 0 aliphatic carbocycles. The normalized spacial score (nSPS) is 10.4. The Kier molecular flexibility index (Phi) is 4.79. The van der Waals surface area contributed by atoms with Crippen LogP contribution in [0.1, 0.15) is 26.4 Å². The van der Waals surface area contributed by atoms with Gasteiger partial charge < -0.3 is 10.6 Å². The molecule has 2 N–H and O–H groups in total. The first-order valence-corrected chi connectivity index (χ1v) is 7.94. The lowest BCUT2D eigenvalue weighted by Gasteiger charge is -2.08. The van der Waals surface area contributed by atoms with Gasteiger partial charge in [0.05, 0.1) is 17.5 Å². The van der Waals surface area contributed by atoms with Crippen LogP contribution in [-0.4, -0.2) is 28.6 Å². The SMILES string of the molecule is CNC(=O)c1ccc(NC(=O)c2cnn(-c3ccccc3F)c2C)cc1.